The summed E-state index contributed by atoms with van der Waals surface area (Å²) in [4.78, 5) is 24.4. The summed E-state index contributed by atoms with van der Waals surface area (Å²) in [6.45, 7) is 3.27. The number of hydrogen-bond acceptors (Lipinski definition) is 5. The SMILES string of the molecule is Cc1ccccc1NC(=O)C(C)OC(=O)c1ccccc1S(C)(=O)=O. The quantitative estimate of drug-likeness (QED) is 0.827. The molecule has 2 aromatic carbocycles. The lowest BCUT2D eigenvalue weighted by Gasteiger charge is -2.15. The van der Waals surface area contributed by atoms with Crippen molar-refractivity contribution in [1.82, 2.24) is 0 Å². The molecular formula is C18H19NO5S. The Hall–Kier alpha value is -2.67. The van der Waals surface area contributed by atoms with Gasteiger partial charge in [0.25, 0.3) is 5.91 Å². The second kappa shape index (κ2) is 7.48. The Morgan fingerprint density at radius 3 is 2.28 bits per heavy atom. The maximum absolute atomic E-state index is 12.3. The summed E-state index contributed by atoms with van der Waals surface area (Å²) in [5, 5.41) is 2.68. The molecular weight excluding hydrogens is 342 g/mol. The first-order chi connectivity index (χ1) is 11.7. The molecule has 0 heterocycles. The fourth-order valence-electron chi connectivity index (χ4n) is 2.18. The lowest BCUT2D eigenvalue weighted by atomic mass is 10.2. The van der Waals surface area contributed by atoms with Crippen LogP contribution in [0.4, 0.5) is 5.69 Å². The van der Waals surface area contributed by atoms with Crippen molar-refractivity contribution in [2.45, 2.75) is 24.8 Å². The number of carbonyl (C=O) groups is 2. The van der Waals surface area contributed by atoms with Crippen molar-refractivity contribution in [2.75, 3.05) is 11.6 Å². The predicted molar refractivity (Wildman–Crippen MR) is 94.2 cm³/mol. The Bertz CT molecular complexity index is 905. The Balaban J connectivity index is 2.13. The van der Waals surface area contributed by atoms with Crippen molar-refractivity contribution in [2.24, 2.45) is 0 Å². The van der Waals surface area contributed by atoms with E-state index in [1.807, 2.05) is 19.1 Å². The van der Waals surface area contributed by atoms with E-state index < -0.39 is 27.8 Å². The molecule has 0 bridgehead atoms. The first-order valence-electron chi connectivity index (χ1n) is 7.56. The average molecular weight is 361 g/mol. The molecule has 25 heavy (non-hydrogen) atoms. The van der Waals surface area contributed by atoms with E-state index in [9.17, 15) is 18.0 Å². The summed E-state index contributed by atoms with van der Waals surface area (Å²) < 4.78 is 28.7. The fourth-order valence-corrected chi connectivity index (χ4v) is 3.06. The van der Waals surface area contributed by atoms with E-state index in [1.54, 1.807) is 12.1 Å². The van der Waals surface area contributed by atoms with Crippen molar-refractivity contribution < 1.29 is 22.7 Å². The zero-order chi connectivity index (χ0) is 18.6. The number of esters is 1. The molecule has 6 nitrogen and oxygen atoms in total. The number of rotatable bonds is 5. The standard InChI is InChI=1S/C18H19NO5S/c1-12-8-4-6-10-15(12)19-17(20)13(2)24-18(21)14-9-5-7-11-16(14)25(3,22)23/h4-11,13H,1-3H3,(H,19,20). The van der Waals surface area contributed by atoms with E-state index in [-0.39, 0.29) is 10.5 Å². The Morgan fingerprint density at radius 2 is 1.64 bits per heavy atom. The number of amides is 1. The third-order valence-corrected chi connectivity index (χ3v) is 4.72. The van der Waals surface area contributed by atoms with Crippen molar-refractivity contribution in [1.29, 1.82) is 0 Å². The van der Waals surface area contributed by atoms with E-state index in [1.165, 1.54) is 31.2 Å². The van der Waals surface area contributed by atoms with Gasteiger partial charge in [-0.2, -0.15) is 0 Å². The van der Waals surface area contributed by atoms with Gasteiger partial charge in [-0.15, -0.1) is 0 Å². The van der Waals surface area contributed by atoms with Crippen LogP contribution in [0.2, 0.25) is 0 Å². The monoisotopic (exact) mass is 361 g/mol. The Labute approximate surface area is 146 Å². The average Bonchev–Trinajstić information content (AvgIpc) is 2.56. The number of aryl methyl sites for hydroxylation is 1. The van der Waals surface area contributed by atoms with E-state index in [0.29, 0.717) is 5.69 Å². The number of benzene rings is 2. The molecule has 0 radical (unpaired) electrons. The highest BCUT2D eigenvalue weighted by molar-refractivity contribution is 7.90. The predicted octanol–water partition coefficient (Wildman–Crippen LogP) is 2.58. The third-order valence-electron chi connectivity index (χ3n) is 3.56. The van der Waals surface area contributed by atoms with Gasteiger partial charge in [-0.3, -0.25) is 4.79 Å². The minimum Gasteiger partial charge on any atom is -0.449 e. The third kappa shape index (κ3) is 4.67. The molecule has 2 aromatic rings. The van der Waals surface area contributed by atoms with Crippen LogP contribution in [-0.4, -0.2) is 32.7 Å². The van der Waals surface area contributed by atoms with Gasteiger partial charge in [0.15, 0.2) is 15.9 Å². The lowest BCUT2D eigenvalue weighted by Crippen LogP contribution is -2.30. The Morgan fingerprint density at radius 1 is 1.04 bits per heavy atom. The zero-order valence-corrected chi connectivity index (χ0v) is 15.0. The van der Waals surface area contributed by atoms with Gasteiger partial charge in [-0.25, -0.2) is 13.2 Å². The highest BCUT2D eigenvalue weighted by Gasteiger charge is 2.24. The molecule has 0 aliphatic rings. The first kappa shape index (κ1) is 18.7. The zero-order valence-electron chi connectivity index (χ0n) is 14.1. The first-order valence-corrected chi connectivity index (χ1v) is 9.46. The van der Waals surface area contributed by atoms with Crippen LogP contribution < -0.4 is 5.32 Å². The van der Waals surface area contributed by atoms with E-state index in [0.717, 1.165) is 11.8 Å². The maximum Gasteiger partial charge on any atom is 0.340 e. The van der Waals surface area contributed by atoms with Crippen LogP contribution in [0.15, 0.2) is 53.4 Å². The number of sulfone groups is 1. The van der Waals surface area contributed by atoms with Crippen LogP contribution in [0.1, 0.15) is 22.8 Å². The molecule has 0 aliphatic carbocycles. The molecule has 1 amide bonds. The maximum atomic E-state index is 12.3. The Kier molecular flexibility index (Phi) is 5.58. The van der Waals surface area contributed by atoms with Crippen molar-refractivity contribution >= 4 is 27.4 Å². The van der Waals surface area contributed by atoms with E-state index in [2.05, 4.69) is 5.32 Å². The smallest absolute Gasteiger partial charge is 0.340 e. The summed E-state index contributed by atoms with van der Waals surface area (Å²) in [6, 6.07) is 12.9. The van der Waals surface area contributed by atoms with Gasteiger partial charge in [0.05, 0.1) is 10.5 Å². The molecule has 132 valence electrons. The van der Waals surface area contributed by atoms with E-state index >= 15 is 0 Å². The molecule has 0 spiro atoms. The van der Waals surface area contributed by atoms with Gasteiger partial charge in [0, 0.05) is 11.9 Å². The fraction of sp³-hybridized carbons (Fsp3) is 0.222. The molecule has 0 fully saturated rings. The molecule has 7 heteroatoms. The van der Waals surface area contributed by atoms with Crippen LogP contribution in [-0.2, 0) is 19.4 Å². The highest BCUT2D eigenvalue weighted by Crippen LogP contribution is 2.18. The number of para-hydroxylation sites is 1. The summed E-state index contributed by atoms with van der Waals surface area (Å²) >= 11 is 0. The molecule has 1 unspecified atom stereocenters. The number of nitrogens with one attached hydrogen (secondary N) is 1. The van der Waals surface area contributed by atoms with Crippen molar-refractivity contribution in [3.63, 3.8) is 0 Å². The van der Waals surface area contributed by atoms with Crippen LogP contribution in [0.25, 0.3) is 0 Å². The molecule has 0 saturated carbocycles. The largest absolute Gasteiger partial charge is 0.449 e. The number of anilines is 1. The van der Waals surface area contributed by atoms with Crippen LogP contribution >= 0.6 is 0 Å². The minimum atomic E-state index is -3.59. The lowest BCUT2D eigenvalue weighted by molar-refractivity contribution is -0.123. The molecule has 1 atom stereocenters. The number of carbonyl (C=O) groups excluding carboxylic acids is 2. The van der Waals surface area contributed by atoms with Crippen molar-refractivity contribution in [3.05, 3.63) is 59.7 Å². The summed E-state index contributed by atoms with van der Waals surface area (Å²) in [5.41, 5.74) is 1.39. The summed E-state index contributed by atoms with van der Waals surface area (Å²) in [6.07, 6.45) is -0.0762. The van der Waals surface area contributed by atoms with E-state index in [4.69, 9.17) is 4.74 Å². The molecule has 1 N–H and O–H groups in total. The van der Waals surface area contributed by atoms with Crippen molar-refractivity contribution in [3.8, 4) is 0 Å². The van der Waals surface area contributed by atoms with Gasteiger partial charge in [0.1, 0.15) is 0 Å². The normalized spacial score (nSPS) is 12.3. The van der Waals surface area contributed by atoms with Gasteiger partial charge >= 0.3 is 5.97 Å². The summed E-state index contributed by atoms with van der Waals surface area (Å²) in [7, 11) is -3.59. The van der Waals surface area contributed by atoms with Crippen LogP contribution in [0.5, 0.6) is 0 Å². The van der Waals surface area contributed by atoms with Gasteiger partial charge in [-0.05, 0) is 37.6 Å². The highest BCUT2D eigenvalue weighted by atomic mass is 32.2. The topological polar surface area (TPSA) is 89.5 Å². The second-order valence-corrected chi connectivity index (χ2v) is 7.60. The molecule has 2 rings (SSSR count). The molecule has 0 aliphatic heterocycles. The molecule has 0 aromatic heterocycles. The number of ether oxygens (including phenoxy) is 1. The minimum absolute atomic E-state index is 0.0967. The van der Waals surface area contributed by atoms with Gasteiger partial charge in [0.2, 0.25) is 0 Å². The van der Waals surface area contributed by atoms with Crippen LogP contribution in [0, 0.1) is 6.92 Å². The van der Waals surface area contributed by atoms with Gasteiger partial charge < -0.3 is 10.1 Å². The summed E-state index contributed by atoms with van der Waals surface area (Å²) in [5.74, 6) is -1.37. The molecule has 0 saturated heterocycles. The van der Waals surface area contributed by atoms with Gasteiger partial charge in [-0.1, -0.05) is 30.3 Å². The number of hydrogen-bond donors (Lipinski definition) is 1. The van der Waals surface area contributed by atoms with Crippen LogP contribution in [0.3, 0.4) is 0 Å². The second-order valence-electron chi connectivity index (χ2n) is 5.62.